The van der Waals surface area contributed by atoms with Gasteiger partial charge in [-0.3, -0.25) is 19.8 Å². The van der Waals surface area contributed by atoms with E-state index in [4.69, 9.17) is 0 Å². The first kappa shape index (κ1) is 25.1. The van der Waals surface area contributed by atoms with Crippen LogP contribution in [0.2, 0.25) is 0 Å². The molecule has 37 heavy (non-hydrogen) atoms. The predicted molar refractivity (Wildman–Crippen MR) is 140 cm³/mol. The Bertz CT molecular complexity index is 1330. The summed E-state index contributed by atoms with van der Waals surface area (Å²) in [4.78, 5) is 33.4. The first-order chi connectivity index (χ1) is 17.5. The predicted octanol–water partition coefficient (Wildman–Crippen LogP) is 3.18. The molecule has 1 aromatic carbocycles. The van der Waals surface area contributed by atoms with Gasteiger partial charge in [-0.15, -0.1) is 0 Å². The summed E-state index contributed by atoms with van der Waals surface area (Å²) < 4.78 is 0. The van der Waals surface area contributed by atoms with Crippen LogP contribution in [0, 0.1) is 5.41 Å². The molecule has 0 unspecified atom stereocenters. The number of rotatable bonds is 7. The van der Waals surface area contributed by atoms with Crippen molar-refractivity contribution in [3.8, 4) is 11.3 Å². The molecular formula is C28H34N6O3. The van der Waals surface area contributed by atoms with Gasteiger partial charge in [0.15, 0.2) is 0 Å². The molecule has 2 fully saturated rings. The van der Waals surface area contributed by atoms with Crippen molar-refractivity contribution in [1.29, 1.82) is 0 Å². The highest BCUT2D eigenvalue weighted by Gasteiger charge is 2.55. The van der Waals surface area contributed by atoms with E-state index in [0.717, 1.165) is 29.1 Å². The molecule has 9 heteroatoms. The second-order valence-electron chi connectivity index (χ2n) is 11.1. The summed E-state index contributed by atoms with van der Waals surface area (Å²) in [7, 11) is 3.54. The smallest absolute Gasteiger partial charge is 0.327 e. The molecule has 0 aliphatic carbocycles. The molecule has 2 aliphatic heterocycles. The zero-order valence-corrected chi connectivity index (χ0v) is 22.0. The highest BCUT2D eigenvalue weighted by molar-refractivity contribution is 6.01. The van der Waals surface area contributed by atoms with Crippen LogP contribution in [-0.2, 0) is 16.9 Å². The van der Waals surface area contributed by atoms with Gasteiger partial charge in [0, 0.05) is 49.1 Å². The molecule has 3 aromatic rings. The number of benzene rings is 1. The maximum atomic E-state index is 12.4. The van der Waals surface area contributed by atoms with Crippen molar-refractivity contribution in [2.45, 2.75) is 38.8 Å². The number of likely N-dealkylation sites (N-methyl/N-ethyl adjacent to an activating group) is 1. The molecule has 0 saturated carbocycles. The molecular weight excluding hydrogens is 468 g/mol. The normalized spacial score (nSPS) is 19.4. The van der Waals surface area contributed by atoms with Gasteiger partial charge in [0.05, 0.1) is 17.9 Å². The summed E-state index contributed by atoms with van der Waals surface area (Å²) in [6.07, 6.45) is 3.46. The Morgan fingerprint density at radius 3 is 2.38 bits per heavy atom. The minimum absolute atomic E-state index is 0.0520. The van der Waals surface area contributed by atoms with E-state index in [1.54, 1.807) is 12.4 Å². The van der Waals surface area contributed by atoms with E-state index in [2.05, 4.69) is 60.0 Å². The summed E-state index contributed by atoms with van der Waals surface area (Å²) in [6.45, 7) is 8.25. The van der Waals surface area contributed by atoms with Crippen molar-refractivity contribution in [2.75, 3.05) is 33.7 Å². The van der Waals surface area contributed by atoms with Gasteiger partial charge in [0.1, 0.15) is 12.1 Å². The zero-order chi connectivity index (χ0) is 26.5. The van der Waals surface area contributed by atoms with Crippen LogP contribution in [0.15, 0.2) is 48.8 Å². The number of pyridine rings is 1. The molecule has 0 spiro atoms. The number of hydrogen-bond donors (Lipinski definition) is 2. The van der Waals surface area contributed by atoms with Crippen LogP contribution in [-0.4, -0.2) is 80.7 Å². The number of imide groups is 1. The number of aromatic amines is 1. The lowest BCUT2D eigenvalue weighted by atomic mass is 9.62. The number of H-pyrrole nitrogens is 1. The molecule has 2 aromatic heterocycles. The summed E-state index contributed by atoms with van der Waals surface area (Å²) in [5.41, 5.74) is 3.27. The third-order valence-electron chi connectivity index (χ3n) is 7.81. The molecule has 9 nitrogen and oxygen atoms in total. The van der Waals surface area contributed by atoms with Crippen LogP contribution in [0.5, 0.6) is 0 Å². The van der Waals surface area contributed by atoms with E-state index in [9.17, 15) is 14.7 Å². The van der Waals surface area contributed by atoms with Crippen molar-refractivity contribution in [3.63, 3.8) is 0 Å². The monoisotopic (exact) mass is 502 g/mol. The van der Waals surface area contributed by atoms with Gasteiger partial charge < -0.3 is 14.9 Å². The second-order valence-corrected chi connectivity index (χ2v) is 11.1. The minimum Gasteiger partial charge on any atom is -0.380 e. The molecule has 194 valence electrons. The molecule has 1 atom stereocenters. The van der Waals surface area contributed by atoms with Gasteiger partial charge in [-0.1, -0.05) is 45.0 Å². The second kappa shape index (κ2) is 9.08. The van der Waals surface area contributed by atoms with Crippen LogP contribution in [0.25, 0.3) is 11.3 Å². The summed E-state index contributed by atoms with van der Waals surface area (Å²) in [6, 6.07) is 11.7. The van der Waals surface area contributed by atoms with Crippen LogP contribution in [0.3, 0.4) is 0 Å². The van der Waals surface area contributed by atoms with Crippen LogP contribution < -0.4 is 0 Å². The lowest BCUT2D eigenvalue weighted by Gasteiger charge is -2.55. The van der Waals surface area contributed by atoms with E-state index >= 15 is 0 Å². The maximum Gasteiger partial charge on any atom is 0.327 e. The van der Waals surface area contributed by atoms with Gasteiger partial charge in [-0.25, -0.2) is 4.79 Å². The Hall–Kier alpha value is -3.56. The largest absolute Gasteiger partial charge is 0.380 e. The molecule has 4 heterocycles. The Balaban J connectivity index is 1.48. The van der Waals surface area contributed by atoms with Gasteiger partial charge >= 0.3 is 6.03 Å². The molecule has 3 amide bonds. The number of nitrogens with zero attached hydrogens (tertiary/aromatic N) is 5. The van der Waals surface area contributed by atoms with Gasteiger partial charge in [0.2, 0.25) is 5.91 Å². The van der Waals surface area contributed by atoms with Crippen molar-refractivity contribution in [3.05, 3.63) is 71.2 Å². The Kier molecular flexibility index (Phi) is 6.16. The number of likely N-dealkylation sites (tertiary alicyclic amines) is 1. The first-order valence-corrected chi connectivity index (χ1v) is 12.6. The maximum absolute atomic E-state index is 12.4. The quantitative estimate of drug-likeness (QED) is 0.481. The number of hydrogen-bond acceptors (Lipinski definition) is 6. The van der Waals surface area contributed by atoms with Crippen LogP contribution in [0.4, 0.5) is 4.79 Å². The molecule has 0 bridgehead atoms. The zero-order valence-electron chi connectivity index (χ0n) is 22.0. The lowest BCUT2D eigenvalue weighted by molar-refractivity contribution is -0.127. The number of aliphatic hydroxyl groups is 1. The minimum atomic E-state index is -1.25. The van der Waals surface area contributed by atoms with E-state index in [1.807, 2.05) is 24.3 Å². The van der Waals surface area contributed by atoms with Crippen molar-refractivity contribution in [2.24, 2.45) is 5.41 Å². The lowest BCUT2D eigenvalue weighted by Crippen LogP contribution is -2.63. The molecule has 2 aliphatic rings. The third-order valence-corrected chi connectivity index (χ3v) is 7.81. The molecule has 2 saturated heterocycles. The number of carbonyl (C=O) groups excluding carboxylic acids is 2. The number of carbonyl (C=O) groups is 2. The number of amides is 3. The Morgan fingerprint density at radius 2 is 1.78 bits per heavy atom. The topological polar surface area (TPSA) is 106 Å². The van der Waals surface area contributed by atoms with E-state index in [0.29, 0.717) is 22.9 Å². The highest BCUT2D eigenvalue weighted by Crippen LogP contribution is 2.50. The average Bonchev–Trinajstić information content (AvgIpc) is 3.43. The fraction of sp³-hybridized carbons (Fsp3) is 0.429. The number of nitrogens with one attached hydrogen (secondary N) is 1. The fourth-order valence-electron chi connectivity index (χ4n) is 5.70. The standard InChI is InChI=1S/C28H34N6O3/c1-18(2)19-6-8-21(9-7-19)28(37,27(3)16-32(4)17-27)22-10-20(12-29-13-22)24-11-23(30-31-24)14-34-15-25(35)33(5)26(34)36/h6-13,18,37H,14-17H2,1-5H3,(H,30,31)/t28-/m0/s1. The van der Waals surface area contributed by atoms with Crippen molar-refractivity contribution < 1.29 is 14.7 Å². The van der Waals surface area contributed by atoms with E-state index in [1.165, 1.54) is 17.5 Å². The summed E-state index contributed by atoms with van der Waals surface area (Å²) in [5.74, 6) is 0.179. The van der Waals surface area contributed by atoms with Crippen molar-refractivity contribution in [1.82, 2.24) is 29.9 Å². The summed E-state index contributed by atoms with van der Waals surface area (Å²) in [5, 5.41) is 19.9. The van der Waals surface area contributed by atoms with Gasteiger partial charge in [-0.05, 0) is 36.2 Å². The molecule has 5 rings (SSSR count). The highest BCUT2D eigenvalue weighted by atomic mass is 16.3. The average molecular weight is 503 g/mol. The molecule has 2 N–H and O–H groups in total. The van der Waals surface area contributed by atoms with Crippen LogP contribution >= 0.6 is 0 Å². The Morgan fingerprint density at radius 1 is 1.08 bits per heavy atom. The first-order valence-electron chi connectivity index (χ1n) is 12.6. The Labute approximate surface area is 217 Å². The van der Waals surface area contributed by atoms with Gasteiger partial charge in [-0.2, -0.15) is 5.10 Å². The fourth-order valence-corrected chi connectivity index (χ4v) is 5.70. The number of aromatic nitrogens is 3. The summed E-state index contributed by atoms with van der Waals surface area (Å²) >= 11 is 0. The van der Waals surface area contributed by atoms with Crippen molar-refractivity contribution >= 4 is 11.9 Å². The van der Waals surface area contributed by atoms with Gasteiger partial charge in [0.25, 0.3) is 0 Å². The van der Waals surface area contributed by atoms with Crippen LogP contribution in [0.1, 0.15) is 49.1 Å². The van der Waals surface area contributed by atoms with E-state index < -0.39 is 11.0 Å². The number of urea groups is 1. The third kappa shape index (κ3) is 4.22. The molecule has 0 radical (unpaired) electrons. The SMILES string of the molecule is CC(C)c1ccc([C@](O)(c2cncc(-c3cc(CN4CC(=O)N(C)C4=O)[nH]n3)c2)C2(C)CN(C)C2)cc1. The van der Waals surface area contributed by atoms with E-state index in [-0.39, 0.29) is 25.0 Å².